The summed E-state index contributed by atoms with van der Waals surface area (Å²) in [6.45, 7) is 1.94. The molecule has 1 aromatic heterocycles. The van der Waals surface area contributed by atoms with Crippen LogP contribution in [0.25, 0.3) is 0 Å². The number of ether oxygens (including phenoxy) is 1. The van der Waals surface area contributed by atoms with Crippen molar-refractivity contribution in [2.24, 2.45) is 5.73 Å². The van der Waals surface area contributed by atoms with Crippen molar-refractivity contribution in [3.05, 3.63) is 83.2 Å². The third-order valence-corrected chi connectivity index (χ3v) is 5.20. The molecule has 0 spiro atoms. The molecule has 0 aliphatic heterocycles. The summed E-state index contributed by atoms with van der Waals surface area (Å²) < 4.78 is 5.63. The summed E-state index contributed by atoms with van der Waals surface area (Å²) in [5, 5.41) is 9.56. The Morgan fingerprint density at radius 2 is 1.75 bits per heavy atom. The van der Waals surface area contributed by atoms with Gasteiger partial charge in [-0.3, -0.25) is 0 Å². The van der Waals surface area contributed by atoms with Crippen LogP contribution in [0.2, 0.25) is 0 Å². The van der Waals surface area contributed by atoms with Gasteiger partial charge in [0.25, 0.3) is 0 Å². The third kappa shape index (κ3) is 6.78. The van der Waals surface area contributed by atoms with Gasteiger partial charge in [0.2, 0.25) is 5.95 Å². The number of hydrogen-bond acceptors (Lipinski definition) is 6. The Kier molecular flexibility index (Phi) is 8.57. The summed E-state index contributed by atoms with van der Waals surface area (Å²) in [6.07, 6.45) is 4.27. The number of rotatable bonds is 12. The van der Waals surface area contributed by atoms with Gasteiger partial charge in [0.15, 0.2) is 0 Å². The number of aromatic nitrogens is 2. The summed E-state index contributed by atoms with van der Waals surface area (Å²) >= 11 is 0. The molecule has 0 bridgehead atoms. The predicted octanol–water partition coefficient (Wildman–Crippen LogP) is 3.37. The normalized spacial score (nSPS) is 10.7. The van der Waals surface area contributed by atoms with Crippen molar-refractivity contribution in [2.75, 3.05) is 31.6 Å². The average Bonchev–Trinajstić information content (AvgIpc) is 2.82. The van der Waals surface area contributed by atoms with Crippen molar-refractivity contribution in [2.45, 2.75) is 25.7 Å². The van der Waals surface area contributed by atoms with Gasteiger partial charge >= 0.3 is 5.97 Å². The minimum atomic E-state index is -1.01. The van der Waals surface area contributed by atoms with E-state index in [9.17, 15) is 9.90 Å². The minimum absolute atomic E-state index is 0.145. The maximum atomic E-state index is 11.7. The third-order valence-electron chi connectivity index (χ3n) is 5.20. The second-order valence-corrected chi connectivity index (χ2v) is 7.63. The van der Waals surface area contributed by atoms with Gasteiger partial charge in [-0.2, -0.15) is 0 Å². The molecule has 7 nitrogen and oxygen atoms in total. The topological polar surface area (TPSA) is 102 Å². The SMILES string of the molecule is CN(CCc1ccccc1)c1ncc(C(=O)O)c(CCc2ccc(OCCCN)cc2)n1. The van der Waals surface area contributed by atoms with E-state index in [0.29, 0.717) is 37.6 Å². The second kappa shape index (κ2) is 11.8. The zero-order valence-corrected chi connectivity index (χ0v) is 18.4. The number of aryl methyl sites for hydroxylation is 2. The average molecular weight is 435 g/mol. The molecule has 1 heterocycles. The van der Waals surface area contributed by atoms with Crippen LogP contribution in [-0.4, -0.2) is 47.8 Å². The molecule has 0 aliphatic carbocycles. The first-order chi connectivity index (χ1) is 15.6. The fourth-order valence-electron chi connectivity index (χ4n) is 3.29. The number of nitrogens with two attached hydrogens (primary N) is 1. The molecule has 3 N–H and O–H groups in total. The van der Waals surface area contributed by atoms with Gasteiger partial charge in [-0.1, -0.05) is 42.5 Å². The molecule has 0 amide bonds. The van der Waals surface area contributed by atoms with Gasteiger partial charge in [-0.05, 0) is 55.5 Å². The van der Waals surface area contributed by atoms with Crippen molar-refractivity contribution in [3.63, 3.8) is 0 Å². The van der Waals surface area contributed by atoms with E-state index in [-0.39, 0.29) is 5.56 Å². The molecule has 3 aromatic rings. The van der Waals surface area contributed by atoms with Crippen LogP contribution in [0.1, 0.15) is 33.6 Å². The minimum Gasteiger partial charge on any atom is -0.494 e. The van der Waals surface area contributed by atoms with Crippen LogP contribution < -0.4 is 15.4 Å². The van der Waals surface area contributed by atoms with E-state index in [1.807, 2.05) is 54.4 Å². The number of benzene rings is 2. The zero-order valence-electron chi connectivity index (χ0n) is 18.4. The summed E-state index contributed by atoms with van der Waals surface area (Å²) in [6, 6.07) is 18.0. The van der Waals surface area contributed by atoms with Crippen molar-refractivity contribution in [1.29, 1.82) is 0 Å². The maximum Gasteiger partial charge on any atom is 0.339 e. The quantitative estimate of drug-likeness (QED) is 0.422. The Labute approximate surface area is 188 Å². The van der Waals surface area contributed by atoms with Gasteiger partial charge in [0.1, 0.15) is 5.75 Å². The highest BCUT2D eigenvalue weighted by Gasteiger charge is 2.15. The summed E-state index contributed by atoms with van der Waals surface area (Å²) in [7, 11) is 1.92. The van der Waals surface area contributed by atoms with Crippen molar-refractivity contribution < 1.29 is 14.6 Å². The monoisotopic (exact) mass is 434 g/mol. The summed E-state index contributed by atoms with van der Waals surface area (Å²) in [5.74, 6) is 0.324. The van der Waals surface area contributed by atoms with Crippen molar-refractivity contribution in [1.82, 2.24) is 9.97 Å². The molecular formula is C25H30N4O3. The lowest BCUT2D eigenvalue weighted by Gasteiger charge is -2.18. The summed E-state index contributed by atoms with van der Waals surface area (Å²) in [5.41, 5.74) is 8.49. The molecule has 0 saturated carbocycles. The number of carbonyl (C=O) groups is 1. The molecule has 32 heavy (non-hydrogen) atoms. The van der Waals surface area contributed by atoms with E-state index in [2.05, 4.69) is 22.1 Å². The molecule has 0 fully saturated rings. The smallest absolute Gasteiger partial charge is 0.339 e. The number of hydrogen-bond donors (Lipinski definition) is 2. The molecular weight excluding hydrogens is 404 g/mol. The van der Waals surface area contributed by atoms with Crippen LogP contribution >= 0.6 is 0 Å². The molecule has 0 unspecified atom stereocenters. The van der Waals surface area contributed by atoms with Gasteiger partial charge in [0.05, 0.1) is 17.9 Å². The van der Waals surface area contributed by atoms with Crippen LogP contribution in [0.4, 0.5) is 5.95 Å². The maximum absolute atomic E-state index is 11.7. The lowest BCUT2D eigenvalue weighted by molar-refractivity contribution is 0.0694. The van der Waals surface area contributed by atoms with E-state index in [1.54, 1.807) is 0 Å². The Hall–Kier alpha value is -3.45. The van der Waals surface area contributed by atoms with E-state index in [4.69, 9.17) is 10.5 Å². The van der Waals surface area contributed by atoms with Crippen LogP contribution in [0, 0.1) is 0 Å². The van der Waals surface area contributed by atoms with Gasteiger partial charge in [-0.15, -0.1) is 0 Å². The van der Waals surface area contributed by atoms with Gasteiger partial charge < -0.3 is 20.5 Å². The Bertz CT molecular complexity index is 994. The lowest BCUT2D eigenvalue weighted by Crippen LogP contribution is -2.24. The highest BCUT2D eigenvalue weighted by Crippen LogP contribution is 2.17. The number of carboxylic acid groups (broad SMARTS) is 1. The first-order valence-electron chi connectivity index (χ1n) is 10.8. The predicted molar refractivity (Wildman–Crippen MR) is 125 cm³/mol. The van der Waals surface area contributed by atoms with Crippen LogP contribution in [-0.2, 0) is 19.3 Å². The molecule has 3 rings (SSSR count). The largest absolute Gasteiger partial charge is 0.494 e. The van der Waals surface area contributed by atoms with E-state index >= 15 is 0 Å². The number of carboxylic acids is 1. The summed E-state index contributed by atoms with van der Waals surface area (Å²) in [4.78, 5) is 22.5. The van der Waals surface area contributed by atoms with Gasteiger partial charge in [0, 0.05) is 19.8 Å². The Morgan fingerprint density at radius 3 is 2.44 bits per heavy atom. The molecule has 2 aromatic carbocycles. The van der Waals surface area contributed by atoms with Gasteiger partial charge in [-0.25, -0.2) is 14.8 Å². The highest BCUT2D eigenvalue weighted by atomic mass is 16.5. The molecule has 0 saturated heterocycles. The Morgan fingerprint density at radius 1 is 1.03 bits per heavy atom. The molecule has 0 aliphatic rings. The number of anilines is 1. The van der Waals surface area contributed by atoms with Crippen molar-refractivity contribution in [3.8, 4) is 5.75 Å². The number of nitrogens with zero attached hydrogens (tertiary/aromatic N) is 3. The fraction of sp³-hybridized carbons (Fsp3) is 0.320. The number of likely N-dealkylation sites (N-methyl/N-ethyl adjacent to an activating group) is 1. The van der Waals surface area contributed by atoms with E-state index in [0.717, 1.165) is 30.7 Å². The first-order valence-corrected chi connectivity index (χ1v) is 10.8. The highest BCUT2D eigenvalue weighted by molar-refractivity contribution is 5.88. The number of aromatic carboxylic acids is 1. The molecule has 0 atom stereocenters. The van der Waals surface area contributed by atoms with E-state index in [1.165, 1.54) is 11.8 Å². The molecule has 168 valence electrons. The molecule has 7 heteroatoms. The second-order valence-electron chi connectivity index (χ2n) is 7.63. The fourth-order valence-corrected chi connectivity index (χ4v) is 3.29. The standard InChI is InChI=1S/C25H30N4O3/c1-29(16-14-19-6-3-2-4-7-19)25-27-18-22(24(30)31)23(28-25)13-10-20-8-11-21(12-9-20)32-17-5-15-26/h2-4,6-9,11-12,18H,5,10,13-17,26H2,1H3,(H,30,31). The Balaban J connectivity index is 1.64. The van der Waals surface area contributed by atoms with Crippen LogP contribution in [0.15, 0.2) is 60.8 Å². The first kappa shape index (κ1) is 23.2. The zero-order chi connectivity index (χ0) is 22.8. The lowest BCUT2D eigenvalue weighted by atomic mass is 10.1. The van der Waals surface area contributed by atoms with Crippen LogP contribution in [0.5, 0.6) is 5.75 Å². The van der Waals surface area contributed by atoms with E-state index < -0.39 is 5.97 Å². The van der Waals surface area contributed by atoms with Crippen LogP contribution in [0.3, 0.4) is 0 Å². The van der Waals surface area contributed by atoms with Crippen molar-refractivity contribution >= 4 is 11.9 Å². The molecule has 0 radical (unpaired) electrons.